The highest BCUT2D eigenvalue weighted by Gasteiger charge is 2.00. The summed E-state index contributed by atoms with van der Waals surface area (Å²) in [6, 6.07) is 8.11. The summed E-state index contributed by atoms with van der Waals surface area (Å²) >= 11 is 0. The van der Waals surface area contributed by atoms with Crippen molar-refractivity contribution >= 4 is 0 Å². The molecular formula is C16H24N4O. The molecule has 0 unspecified atom stereocenters. The van der Waals surface area contributed by atoms with Gasteiger partial charge in [-0.15, -0.1) is 5.10 Å². The van der Waals surface area contributed by atoms with E-state index in [4.69, 9.17) is 4.74 Å². The molecule has 21 heavy (non-hydrogen) atoms. The maximum absolute atomic E-state index is 5.72. The smallest absolute Gasteiger partial charge is 0.119 e. The number of hydrogen-bond acceptors (Lipinski definition) is 4. The van der Waals surface area contributed by atoms with Gasteiger partial charge in [0.2, 0.25) is 0 Å². The van der Waals surface area contributed by atoms with Crippen molar-refractivity contribution in [3.63, 3.8) is 0 Å². The minimum atomic E-state index is 0.687. The fourth-order valence-corrected chi connectivity index (χ4v) is 2.04. The third-order valence-corrected chi connectivity index (χ3v) is 3.11. The molecule has 0 spiro atoms. The Morgan fingerprint density at radius 3 is 3.05 bits per heavy atom. The van der Waals surface area contributed by atoms with Crippen LogP contribution in [0.1, 0.15) is 31.0 Å². The number of rotatable bonds is 9. The van der Waals surface area contributed by atoms with Crippen LogP contribution in [0.4, 0.5) is 0 Å². The van der Waals surface area contributed by atoms with Crippen LogP contribution in [0, 0.1) is 6.92 Å². The average Bonchev–Trinajstić information content (AvgIpc) is 2.92. The molecule has 0 amide bonds. The molecule has 1 N–H and O–H groups in total. The van der Waals surface area contributed by atoms with Crippen LogP contribution in [0.5, 0.6) is 5.75 Å². The molecule has 5 nitrogen and oxygen atoms in total. The van der Waals surface area contributed by atoms with E-state index in [9.17, 15) is 0 Å². The Morgan fingerprint density at radius 2 is 2.24 bits per heavy atom. The first-order valence-electron chi connectivity index (χ1n) is 7.57. The number of ether oxygens (including phenoxy) is 1. The maximum atomic E-state index is 5.72. The quantitative estimate of drug-likeness (QED) is 0.721. The van der Waals surface area contributed by atoms with Crippen LogP contribution >= 0.6 is 0 Å². The van der Waals surface area contributed by atoms with E-state index in [0.29, 0.717) is 6.61 Å². The Bertz CT molecular complexity index is 539. The predicted octanol–water partition coefficient (Wildman–Crippen LogP) is 2.56. The first-order valence-corrected chi connectivity index (χ1v) is 7.57. The molecule has 2 aromatic rings. The first kappa shape index (κ1) is 15.5. The Balaban J connectivity index is 1.66. The molecule has 0 aliphatic carbocycles. The Hall–Kier alpha value is -1.88. The molecule has 1 aromatic heterocycles. The van der Waals surface area contributed by atoms with Crippen molar-refractivity contribution in [2.24, 2.45) is 0 Å². The molecule has 0 radical (unpaired) electrons. The predicted molar refractivity (Wildman–Crippen MR) is 83.3 cm³/mol. The summed E-state index contributed by atoms with van der Waals surface area (Å²) in [5, 5.41) is 11.6. The van der Waals surface area contributed by atoms with Crippen LogP contribution in [0.2, 0.25) is 0 Å². The van der Waals surface area contributed by atoms with Crippen molar-refractivity contribution < 1.29 is 4.74 Å². The van der Waals surface area contributed by atoms with E-state index in [1.807, 2.05) is 29.1 Å². The second-order valence-electron chi connectivity index (χ2n) is 5.17. The van der Waals surface area contributed by atoms with E-state index in [1.165, 1.54) is 5.56 Å². The van der Waals surface area contributed by atoms with Gasteiger partial charge in [-0.1, -0.05) is 24.3 Å². The van der Waals surface area contributed by atoms with Gasteiger partial charge in [-0.3, -0.25) is 4.68 Å². The maximum Gasteiger partial charge on any atom is 0.119 e. The zero-order chi connectivity index (χ0) is 14.9. The van der Waals surface area contributed by atoms with Gasteiger partial charge in [-0.25, -0.2) is 0 Å². The van der Waals surface area contributed by atoms with E-state index in [0.717, 1.165) is 43.9 Å². The van der Waals surface area contributed by atoms with E-state index in [-0.39, 0.29) is 0 Å². The third-order valence-electron chi connectivity index (χ3n) is 3.11. The molecule has 0 aliphatic heterocycles. The second-order valence-corrected chi connectivity index (χ2v) is 5.17. The van der Waals surface area contributed by atoms with Crippen molar-refractivity contribution in [1.29, 1.82) is 0 Å². The molecule has 1 aromatic carbocycles. The van der Waals surface area contributed by atoms with E-state index >= 15 is 0 Å². The lowest BCUT2D eigenvalue weighted by Crippen LogP contribution is -2.13. The number of hydrogen-bond donors (Lipinski definition) is 1. The van der Waals surface area contributed by atoms with Crippen molar-refractivity contribution in [3.8, 4) is 5.75 Å². The molecule has 0 saturated carbocycles. The highest BCUT2D eigenvalue weighted by molar-refractivity contribution is 5.27. The lowest BCUT2D eigenvalue weighted by atomic mass is 10.2. The van der Waals surface area contributed by atoms with Crippen LogP contribution in [-0.4, -0.2) is 28.1 Å². The topological polar surface area (TPSA) is 52.0 Å². The van der Waals surface area contributed by atoms with Crippen LogP contribution < -0.4 is 10.1 Å². The third kappa shape index (κ3) is 5.55. The molecule has 0 saturated heterocycles. The van der Waals surface area contributed by atoms with Gasteiger partial charge < -0.3 is 10.1 Å². The minimum absolute atomic E-state index is 0.687. The van der Waals surface area contributed by atoms with Crippen molar-refractivity contribution in [1.82, 2.24) is 20.3 Å². The summed E-state index contributed by atoms with van der Waals surface area (Å²) in [5.41, 5.74) is 2.20. The molecule has 2 rings (SSSR count). The van der Waals surface area contributed by atoms with Gasteiger partial charge in [0, 0.05) is 25.7 Å². The van der Waals surface area contributed by atoms with Gasteiger partial charge in [-0.2, -0.15) is 0 Å². The summed E-state index contributed by atoms with van der Waals surface area (Å²) < 4.78 is 7.60. The number of nitrogens with zero attached hydrogens (tertiary/aromatic N) is 3. The number of nitrogens with one attached hydrogen (secondary N) is 1. The molecule has 5 heteroatoms. The summed E-state index contributed by atoms with van der Waals surface area (Å²) in [6.45, 7) is 7.53. The average molecular weight is 288 g/mol. The van der Waals surface area contributed by atoms with Gasteiger partial charge in [0.1, 0.15) is 5.75 Å². The SMILES string of the molecule is CCCNCc1cn(CCCOc2cccc(C)c2)nn1. The highest BCUT2D eigenvalue weighted by Crippen LogP contribution is 2.12. The molecular weight excluding hydrogens is 264 g/mol. The molecule has 0 atom stereocenters. The fourth-order valence-electron chi connectivity index (χ4n) is 2.04. The van der Waals surface area contributed by atoms with Gasteiger partial charge in [0.15, 0.2) is 0 Å². The normalized spacial score (nSPS) is 10.8. The summed E-state index contributed by atoms with van der Waals surface area (Å²) in [4.78, 5) is 0. The van der Waals surface area contributed by atoms with Crippen LogP contribution in [0.25, 0.3) is 0 Å². The summed E-state index contributed by atoms with van der Waals surface area (Å²) in [6.07, 6.45) is 4.04. The monoisotopic (exact) mass is 288 g/mol. The summed E-state index contributed by atoms with van der Waals surface area (Å²) in [7, 11) is 0. The summed E-state index contributed by atoms with van der Waals surface area (Å²) in [5.74, 6) is 0.929. The lowest BCUT2D eigenvalue weighted by Gasteiger charge is -2.06. The zero-order valence-electron chi connectivity index (χ0n) is 12.9. The minimum Gasteiger partial charge on any atom is -0.494 e. The molecule has 1 heterocycles. The number of benzene rings is 1. The standard InChI is InChI=1S/C16H24N4O/c1-3-8-17-12-15-13-20(19-18-15)9-5-10-21-16-7-4-6-14(2)11-16/h4,6-7,11,13,17H,3,5,8-10,12H2,1-2H3. The lowest BCUT2D eigenvalue weighted by molar-refractivity contribution is 0.298. The van der Waals surface area contributed by atoms with Gasteiger partial charge >= 0.3 is 0 Å². The van der Waals surface area contributed by atoms with E-state index in [2.05, 4.69) is 35.5 Å². The second kappa shape index (κ2) is 8.42. The number of aryl methyl sites for hydroxylation is 2. The van der Waals surface area contributed by atoms with Crippen molar-refractivity contribution in [2.75, 3.05) is 13.2 Å². The fraction of sp³-hybridized carbons (Fsp3) is 0.500. The highest BCUT2D eigenvalue weighted by atomic mass is 16.5. The largest absolute Gasteiger partial charge is 0.494 e. The molecule has 0 bridgehead atoms. The van der Waals surface area contributed by atoms with E-state index in [1.54, 1.807) is 0 Å². The molecule has 0 fully saturated rings. The van der Waals surface area contributed by atoms with Gasteiger partial charge in [-0.05, 0) is 37.6 Å². The van der Waals surface area contributed by atoms with Crippen LogP contribution in [-0.2, 0) is 13.1 Å². The Labute approximate surface area is 126 Å². The van der Waals surface area contributed by atoms with Crippen LogP contribution in [0.15, 0.2) is 30.5 Å². The van der Waals surface area contributed by atoms with Gasteiger partial charge in [0.05, 0.1) is 12.3 Å². The van der Waals surface area contributed by atoms with Crippen molar-refractivity contribution in [2.45, 2.75) is 39.8 Å². The Morgan fingerprint density at radius 1 is 1.33 bits per heavy atom. The molecule has 0 aliphatic rings. The van der Waals surface area contributed by atoms with Gasteiger partial charge in [0.25, 0.3) is 0 Å². The first-order chi connectivity index (χ1) is 10.3. The zero-order valence-corrected chi connectivity index (χ0v) is 12.9. The van der Waals surface area contributed by atoms with E-state index < -0.39 is 0 Å². The number of aromatic nitrogens is 3. The molecule has 114 valence electrons. The van der Waals surface area contributed by atoms with Crippen molar-refractivity contribution in [3.05, 3.63) is 41.7 Å². The Kier molecular flexibility index (Phi) is 6.22. The van der Waals surface area contributed by atoms with Crippen LogP contribution in [0.3, 0.4) is 0 Å².